The molecule has 15 heteroatoms. The van der Waals surface area contributed by atoms with Crippen LogP contribution in [-0.2, 0) is 34.3 Å². The van der Waals surface area contributed by atoms with Crippen LogP contribution in [0.2, 0.25) is 0 Å². The van der Waals surface area contributed by atoms with Gasteiger partial charge in [0.15, 0.2) is 11.6 Å². The molecule has 0 aliphatic carbocycles. The molecule has 4 rings (SSSR count). The zero-order valence-electron chi connectivity index (χ0n) is 16.4. The fourth-order valence-electron chi connectivity index (χ4n) is 3.34. The van der Waals surface area contributed by atoms with Crippen molar-refractivity contribution >= 4 is 42.2 Å². The molecule has 2 aliphatic rings. The number of aryl methyl sites for hydroxylation is 2. The van der Waals surface area contributed by atoms with Gasteiger partial charge in [-0.1, -0.05) is 12.1 Å². The Balaban J connectivity index is 1.50. The Labute approximate surface area is 185 Å². The lowest BCUT2D eigenvalue weighted by Crippen LogP contribution is -2.70. The van der Waals surface area contributed by atoms with Gasteiger partial charge in [-0.05, 0) is 16.0 Å². The normalized spacial score (nSPS) is 21.5. The van der Waals surface area contributed by atoms with Crippen LogP contribution in [0.15, 0.2) is 15.8 Å². The van der Waals surface area contributed by atoms with E-state index in [1.165, 1.54) is 21.3 Å². The summed E-state index contributed by atoms with van der Waals surface area (Å²) in [6, 6.07) is -0.850. The van der Waals surface area contributed by atoms with Crippen LogP contribution in [0, 0.1) is 0 Å². The van der Waals surface area contributed by atoms with Crippen LogP contribution in [0.5, 0.6) is 0 Å². The zero-order valence-corrected chi connectivity index (χ0v) is 18.1. The first-order valence-electron chi connectivity index (χ1n) is 9.24. The number of aromatic nitrogens is 6. The third kappa shape index (κ3) is 3.78. The fraction of sp³-hybridized carbons (Fsp3) is 0.500. The average molecular weight is 467 g/mol. The number of amides is 2. The van der Waals surface area contributed by atoms with Crippen LogP contribution in [0.3, 0.4) is 0 Å². The summed E-state index contributed by atoms with van der Waals surface area (Å²) in [6.07, 6.45) is 0.405. The van der Waals surface area contributed by atoms with Gasteiger partial charge in [0.25, 0.3) is 5.91 Å². The van der Waals surface area contributed by atoms with Gasteiger partial charge in [-0.25, -0.2) is 9.48 Å². The van der Waals surface area contributed by atoms with Crippen molar-refractivity contribution in [2.45, 2.75) is 36.4 Å². The molecule has 2 N–H and O–H groups in total. The number of hydrogen-bond acceptors (Lipinski definition) is 11. The topological polar surface area (TPSA) is 169 Å². The molecule has 3 unspecified atom stereocenters. The lowest BCUT2D eigenvalue weighted by atomic mass is 10.0. The highest BCUT2D eigenvalue weighted by atomic mass is 32.2. The van der Waals surface area contributed by atoms with Crippen LogP contribution in [0.1, 0.15) is 29.7 Å². The van der Waals surface area contributed by atoms with E-state index in [1.54, 1.807) is 7.05 Å². The summed E-state index contributed by atoms with van der Waals surface area (Å²) in [5.74, 6) is -0.957. The Bertz CT molecular complexity index is 1080. The molecule has 2 aliphatic heterocycles. The summed E-state index contributed by atoms with van der Waals surface area (Å²) in [5.41, 5.74) is 0.248. The lowest BCUT2D eigenvalue weighted by molar-refractivity contribution is -0.150. The second-order valence-corrected chi connectivity index (χ2v) is 8.45. The van der Waals surface area contributed by atoms with Crippen LogP contribution in [-0.4, -0.2) is 75.3 Å². The Hall–Kier alpha value is -2.94. The van der Waals surface area contributed by atoms with E-state index in [9.17, 15) is 19.5 Å². The summed E-state index contributed by atoms with van der Waals surface area (Å²) >= 11 is 5.82. The van der Waals surface area contributed by atoms with Crippen molar-refractivity contribution in [2.24, 2.45) is 7.05 Å². The number of carbonyl (C=O) groups excluding carboxylic acids is 2. The van der Waals surface area contributed by atoms with E-state index in [4.69, 9.17) is 4.52 Å². The number of thioether (sulfide) groups is 1. The third-order valence-electron chi connectivity index (χ3n) is 4.88. The van der Waals surface area contributed by atoms with E-state index in [1.807, 2.05) is 6.92 Å². The molecule has 1 saturated heterocycles. The van der Waals surface area contributed by atoms with Gasteiger partial charge >= 0.3 is 5.97 Å². The van der Waals surface area contributed by atoms with Crippen LogP contribution < -0.4 is 5.32 Å². The summed E-state index contributed by atoms with van der Waals surface area (Å²) in [5, 5.41) is 26.1. The number of rotatable bonds is 7. The Kier molecular flexibility index (Phi) is 5.70. The number of fused-ring (bicyclic) bond motifs is 1. The number of carbonyl (C=O) groups is 3. The predicted octanol–water partition coefficient (Wildman–Crippen LogP) is -0.892. The van der Waals surface area contributed by atoms with Crippen molar-refractivity contribution in [1.29, 1.82) is 0 Å². The van der Waals surface area contributed by atoms with Crippen molar-refractivity contribution in [3.05, 3.63) is 28.8 Å². The zero-order chi connectivity index (χ0) is 22.3. The molecule has 1 fully saturated rings. The molecular formula is C16H18N8O5S2. The van der Waals surface area contributed by atoms with Gasteiger partial charge in [0, 0.05) is 19.2 Å². The minimum absolute atomic E-state index is 0.151. The Morgan fingerprint density at radius 1 is 1.45 bits per heavy atom. The van der Waals surface area contributed by atoms with Crippen LogP contribution in [0.4, 0.5) is 0 Å². The lowest BCUT2D eigenvalue weighted by Gasteiger charge is -2.49. The highest BCUT2D eigenvalue weighted by Crippen LogP contribution is 2.44. The molecule has 0 bridgehead atoms. The number of carboxylic acid groups (broad SMARTS) is 1. The highest BCUT2D eigenvalue weighted by molar-refractivity contribution is 8.00. The van der Waals surface area contributed by atoms with Gasteiger partial charge in [0.1, 0.15) is 23.5 Å². The SMILES string of the molecule is CCc1noc(CC(=O)NC2C(=O)N3C(C(=O)O)=C(C(S)c4nnnn4C)CSC23)n1. The number of thiol groups is 1. The number of nitrogens with one attached hydrogen (secondary N) is 1. The van der Waals surface area contributed by atoms with E-state index in [-0.39, 0.29) is 23.8 Å². The molecule has 2 amide bonds. The molecule has 164 valence electrons. The molecule has 31 heavy (non-hydrogen) atoms. The van der Waals surface area contributed by atoms with Crippen molar-refractivity contribution in [3.63, 3.8) is 0 Å². The van der Waals surface area contributed by atoms with Crippen LogP contribution >= 0.6 is 24.4 Å². The molecule has 3 atom stereocenters. The van der Waals surface area contributed by atoms with Crippen molar-refractivity contribution in [2.75, 3.05) is 5.75 Å². The van der Waals surface area contributed by atoms with Gasteiger partial charge in [0.05, 0.1) is 5.25 Å². The van der Waals surface area contributed by atoms with Gasteiger partial charge in [-0.15, -0.1) is 16.9 Å². The number of carboxylic acids is 1. The molecule has 0 saturated carbocycles. The van der Waals surface area contributed by atoms with E-state index < -0.39 is 34.4 Å². The third-order valence-corrected chi connectivity index (χ3v) is 6.73. The van der Waals surface area contributed by atoms with Crippen LogP contribution in [0.25, 0.3) is 0 Å². The minimum Gasteiger partial charge on any atom is -0.477 e. The van der Waals surface area contributed by atoms with E-state index in [0.29, 0.717) is 23.6 Å². The first-order chi connectivity index (χ1) is 14.8. The largest absolute Gasteiger partial charge is 0.477 e. The molecule has 0 spiro atoms. The first-order valence-corrected chi connectivity index (χ1v) is 10.8. The number of β-lactam (4-membered cyclic amide) rings is 1. The van der Waals surface area contributed by atoms with Gasteiger partial charge < -0.3 is 14.9 Å². The van der Waals surface area contributed by atoms with E-state index >= 15 is 0 Å². The molecule has 2 aromatic heterocycles. The maximum Gasteiger partial charge on any atom is 0.352 e. The summed E-state index contributed by atoms with van der Waals surface area (Å²) in [7, 11) is 1.62. The molecule has 4 heterocycles. The molecule has 13 nitrogen and oxygen atoms in total. The quantitative estimate of drug-likeness (QED) is 0.342. The Morgan fingerprint density at radius 3 is 2.84 bits per heavy atom. The summed E-state index contributed by atoms with van der Waals surface area (Å²) < 4.78 is 6.38. The standard InChI is InChI=1S/C16H18N8O5S2/c1-3-7-17-9(29-20-7)4-8(25)18-10-14(26)24-11(16(27)28)6(5-31-15(10)24)12(30)13-19-21-22-23(13)2/h10,12,15,30H,3-5H2,1-2H3,(H,18,25)(H,27,28). The highest BCUT2D eigenvalue weighted by Gasteiger charge is 2.54. The smallest absolute Gasteiger partial charge is 0.352 e. The van der Waals surface area contributed by atoms with Gasteiger partial charge in [-0.3, -0.25) is 14.5 Å². The number of tetrazole rings is 1. The number of hydrogen-bond donors (Lipinski definition) is 3. The van der Waals surface area contributed by atoms with Gasteiger partial charge in [0.2, 0.25) is 11.8 Å². The minimum atomic E-state index is -1.26. The van der Waals surface area contributed by atoms with Crippen molar-refractivity contribution in [3.8, 4) is 0 Å². The summed E-state index contributed by atoms with van der Waals surface area (Å²) in [4.78, 5) is 42.3. The average Bonchev–Trinajstić information content (AvgIpc) is 3.38. The van der Waals surface area contributed by atoms with E-state index in [0.717, 1.165) is 0 Å². The van der Waals surface area contributed by atoms with Crippen molar-refractivity contribution < 1.29 is 24.0 Å². The molecule has 2 aromatic rings. The second-order valence-electron chi connectivity index (χ2n) is 6.83. The monoisotopic (exact) mass is 466 g/mol. The maximum atomic E-state index is 12.7. The fourth-order valence-corrected chi connectivity index (χ4v) is 5.29. The van der Waals surface area contributed by atoms with Crippen molar-refractivity contribution in [1.82, 2.24) is 40.6 Å². The second kappa shape index (κ2) is 8.30. The number of aliphatic carboxylic acids is 1. The molecule has 0 radical (unpaired) electrons. The Morgan fingerprint density at radius 2 is 2.23 bits per heavy atom. The maximum absolute atomic E-state index is 12.7. The summed E-state index contributed by atoms with van der Waals surface area (Å²) in [6.45, 7) is 1.86. The van der Waals surface area contributed by atoms with Gasteiger partial charge in [-0.2, -0.15) is 17.6 Å². The van der Waals surface area contributed by atoms with E-state index in [2.05, 4.69) is 43.6 Å². The molecular weight excluding hydrogens is 448 g/mol. The number of nitrogens with zero attached hydrogens (tertiary/aromatic N) is 7. The molecule has 0 aromatic carbocycles. The first kappa shape index (κ1) is 21.3. The predicted molar refractivity (Wildman–Crippen MR) is 108 cm³/mol.